The van der Waals surface area contributed by atoms with Gasteiger partial charge in [-0.2, -0.15) is 0 Å². The number of H-pyrrole nitrogens is 1. The van der Waals surface area contributed by atoms with Crippen LogP contribution in [0.1, 0.15) is 15.9 Å². The quantitative estimate of drug-likeness (QED) is 0.198. The molecule has 1 aromatic heterocycles. The molecule has 0 atom stereocenters. The fourth-order valence-corrected chi connectivity index (χ4v) is 4.62. The number of nitrogens with zero attached hydrogens (tertiary/aromatic N) is 1. The van der Waals surface area contributed by atoms with Crippen LogP contribution in [0.4, 0.5) is 18.9 Å². The zero-order valence-electron chi connectivity index (χ0n) is 20.6. The van der Waals surface area contributed by atoms with Gasteiger partial charge in [-0.3, -0.25) is 4.79 Å². The molecule has 0 aliphatic heterocycles. The number of nitrogens with one attached hydrogen (secondary N) is 1. The molecule has 3 aromatic carbocycles. The minimum absolute atomic E-state index is 0.0142. The molecule has 0 spiro atoms. The van der Waals surface area contributed by atoms with E-state index in [9.17, 15) is 26.4 Å². The first-order valence-corrected chi connectivity index (χ1v) is 13.3. The zero-order valence-corrected chi connectivity index (χ0v) is 22.2. The number of aromatic amines is 1. The molecular weight excluding hydrogens is 561 g/mol. The maximum atomic E-state index is 14.0. The van der Waals surface area contributed by atoms with Gasteiger partial charge in [0.15, 0.2) is 9.84 Å². The molecule has 0 fully saturated rings. The number of benzene rings is 3. The second kappa shape index (κ2) is 10.6. The molecule has 1 heterocycles. The Morgan fingerprint density at radius 1 is 0.949 bits per heavy atom. The van der Waals surface area contributed by atoms with E-state index in [1.165, 1.54) is 62.9 Å². The first kappa shape index (κ1) is 28.0. The molecule has 0 bridgehead atoms. The summed E-state index contributed by atoms with van der Waals surface area (Å²) in [7, 11) is -0.975. The maximum absolute atomic E-state index is 14.0. The molecule has 1 N–H and O–H groups in total. The number of aromatic nitrogens is 1. The summed E-state index contributed by atoms with van der Waals surface area (Å²) in [4.78, 5) is 21.2. The van der Waals surface area contributed by atoms with Gasteiger partial charge in [-0.05, 0) is 48.5 Å². The molecule has 13 heteroatoms. The van der Waals surface area contributed by atoms with Gasteiger partial charge in [-0.15, -0.1) is 13.2 Å². The summed E-state index contributed by atoms with van der Waals surface area (Å²) < 4.78 is 77.6. The number of aliphatic imine (C=N–C) groups is 1. The van der Waals surface area contributed by atoms with E-state index < -0.39 is 27.7 Å². The Morgan fingerprint density at radius 3 is 2.33 bits per heavy atom. The van der Waals surface area contributed by atoms with Crippen molar-refractivity contribution in [2.75, 3.05) is 20.5 Å². The van der Waals surface area contributed by atoms with Crippen molar-refractivity contribution in [3.63, 3.8) is 0 Å². The Morgan fingerprint density at radius 2 is 1.69 bits per heavy atom. The first-order chi connectivity index (χ1) is 18.3. The summed E-state index contributed by atoms with van der Waals surface area (Å²) >= 11 is 6.10. The smallest absolute Gasteiger partial charge is 0.497 e. The summed E-state index contributed by atoms with van der Waals surface area (Å²) in [5.41, 5.74) is 0.429. The van der Waals surface area contributed by atoms with Gasteiger partial charge >= 0.3 is 6.36 Å². The lowest BCUT2D eigenvalue weighted by Crippen LogP contribution is -2.17. The van der Waals surface area contributed by atoms with Crippen LogP contribution in [0.2, 0.25) is 5.02 Å². The molecule has 39 heavy (non-hydrogen) atoms. The number of sulfone groups is 1. The fraction of sp³-hybridized carbons (Fsp3) is 0.154. The van der Waals surface area contributed by atoms with E-state index in [2.05, 4.69) is 14.7 Å². The number of methoxy groups -OCH3 is 2. The van der Waals surface area contributed by atoms with Crippen molar-refractivity contribution in [1.82, 2.24) is 4.98 Å². The Kier molecular flexibility index (Phi) is 7.62. The van der Waals surface area contributed by atoms with E-state index in [-0.39, 0.29) is 44.3 Å². The SMILES string of the molecule is COc1cc(/N=C(/C(=O)c2c[nH]c3ccc(OC(F)(F)F)cc23)c2ccc(Cl)cc2OC)cc(S(C)(=O)=O)c1. The van der Waals surface area contributed by atoms with E-state index in [0.29, 0.717) is 10.5 Å². The lowest BCUT2D eigenvalue weighted by atomic mass is 9.99. The van der Waals surface area contributed by atoms with Crippen molar-refractivity contribution < 1.29 is 40.6 Å². The number of Topliss-reactive ketones (excluding diaryl/α,β-unsaturated/α-hetero) is 1. The molecule has 4 rings (SSSR count). The van der Waals surface area contributed by atoms with E-state index in [4.69, 9.17) is 21.1 Å². The van der Waals surface area contributed by atoms with Gasteiger partial charge in [0.05, 0.1) is 24.8 Å². The molecule has 0 radical (unpaired) electrons. The van der Waals surface area contributed by atoms with Gasteiger partial charge in [0.2, 0.25) is 5.78 Å². The van der Waals surface area contributed by atoms with Gasteiger partial charge in [-0.1, -0.05) is 11.6 Å². The number of hydrogen-bond donors (Lipinski definition) is 1. The van der Waals surface area contributed by atoms with Gasteiger partial charge in [-0.25, -0.2) is 13.4 Å². The third kappa shape index (κ3) is 6.35. The number of ether oxygens (including phenoxy) is 3. The Labute approximate surface area is 225 Å². The highest BCUT2D eigenvalue weighted by Gasteiger charge is 2.31. The van der Waals surface area contributed by atoms with Crippen LogP contribution in [-0.4, -0.2) is 51.7 Å². The van der Waals surface area contributed by atoms with E-state index in [1.54, 1.807) is 0 Å². The highest BCUT2D eigenvalue weighted by Crippen LogP contribution is 2.33. The molecule has 4 aromatic rings. The average molecular weight is 581 g/mol. The summed E-state index contributed by atoms with van der Waals surface area (Å²) in [6, 6.07) is 12.0. The van der Waals surface area contributed by atoms with Crippen molar-refractivity contribution in [2.24, 2.45) is 4.99 Å². The molecule has 0 amide bonds. The highest BCUT2D eigenvalue weighted by molar-refractivity contribution is 7.90. The number of rotatable bonds is 8. The number of hydrogen-bond acceptors (Lipinski definition) is 7. The van der Waals surface area contributed by atoms with Crippen LogP contribution in [0, 0.1) is 0 Å². The molecule has 8 nitrogen and oxygen atoms in total. The number of ketones is 1. The topological polar surface area (TPSA) is 107 Å². The van der Waals surface area contributed by atoms with E-state index >= 15 is 0 Å². The minimum Gasteiger partial charge on any atom is -0.497 e. The number of halogens is 4. The first-order valence-electron chi connectivity index (χ1n) is 11.0. The lowest BCUT2D eigenvalue weighted by molar-refractivity contribution is -0.274. The Balaban J connectivity index is 1.95. The molecule has 0 saturated carbocycles. The molecule has 0 saturated heterocycles. The zero-order chi connectivity index (χ0) is 28.5. The van der Waals surface area contributed by atoms with Crippen LogP contribution in [0.25, 0.3) is 10.9 Å². The van der Waals surface area contributed by atoms with Gasteiger partial charge < -0.3 is 19.2 Å². The third-order valence-electron chi connectivity index (χ3n) is 5.53. The van der Waals surface area contributed by atoms with Gasteiger partial charge in [0, 0.05) is 45.6 Å². The number of alkyl halides is 3. The summed E-state index contributed by atoms with van der Waals surface area (Å²) in [6.07, 6.45) is -2.59. The van der Waals surface area contributed by atoms with Crippen molar-refractivity contribution in [1.29, 1.82) is 0 Å². The summed E-state index contributed by atoms with van der Waals surface area (Å²) in [5.74, 6) is -0.860. The molecule has 0 aliphatic carbocycles. The predicted octanol–water partition coefficient (Wildman–Crippen LogP) is 6.14. The van der Waals surface area contributed by atoms with Crippen molar-refractivity contribution in [3.05, 3.63) is 76.9 Å². The molecule has 204 valence electrons. The van der Waals surface area contributed by atoms with Crippen LogP contribution in [0.3, 0.4) is 0 Å². The summed E-state index contributed by atoms with van der Waals surface area (Å²) in [5, 5.41) is 0.453. The maximum Gasteiger partial charge on any atom is 0.573 e. The largest absolute Gasteiger partial charge is 0.573 e. The number of carbonyl (C=O) groups is 1. The average Bonchev–Trinajstić information content (AvgIpc) is 3.28. The number of carbonyl (C=O) groups excluding carboxylic acids is 1. The van der Waals surface area contributed by atoms with Crippen LogP contribution in [0.15, 0.2) is 70.7 Å². The highest BCUT2D eigenvalue weighted by atomic mass is 35.5. The Hall–Kier alpha value is -4.03. The lowest BCUT2D eigenvalue weighted by Gasteiger charge is -2.13. The normalized spacial score (nSPS) is 12.4. The van der Waals surface area contributed by atoms with Crippen LogP contribution >= 0.6 is 11.6 Å². The molecule has 0 unspecified atom stereocenters. The monoisotopic (exact) mass is 580 g/mol. The van der Waals surface area contributed by atoms with Crippen LogP contribution in [0.5, 0.6) is 17.2 Å². The second-order valence-electron chi connectivity index (χ2n) is 8.23. The van der Waals surface area contributed by atoms with E-state index in [1.807, 2.05) is 0 Å². The van der Waals surface area contributed by atoms with Crippen LogP contribution in [-0.2, 0) is 9.84 Å². The molecular formula is C26H20ClF3N2O6S. The van der Waals surface area contributed by atoms with Crippen molar-refractivity contribution in [3.8, 4) is 17.2 Å². The predicted molar refractivity (Wildman–Crippen MR) is 140 cm³/mol. The minimum atomic E-state index is -4.93. The number of fused-ring (bicyclic) bond motifs is 1. The fourth-order valence-electron chi connectivity index (χ4n) is 3.79. The summed E-state index contributed by atoms with van der Waals surface area (Å²) in [6.45, 7) is 0. The molecule has 0 aliphatic rings. The second-order valence-corrected chi connectivity index (χ2v) is 10.7. The van der Waals surface area contributed by atoms with Crippen molar-refractivity contribution >= 4 is 49.5 Å². The third-order valence-corrected chi connectivity index (χ3v) is 6.86. The standard InChI is InChI=1S/C26H20ClF3N2O6S/c1-36-17-9-15(10-18(11-17)39(3,34)35)32-24(19-6-4-14(27)8-23(19)37-2)25(33)21-13-31-22-7-5-16(12-20(21)22)38-26(28,29)30/h4-13,31H,1-3H3/b32-24+. The van der Waals surface area contributed by atoms with Crippen molar-refractivity contribution in [2.45, 2.75) is 11.3 Å². The van der Waals surface area contributed by atoms with Crippen LogP contribution < -0.4 is 14.2 Å². The van der Waals surface area contributed by atoms with Gasteiger partial charge in [0.1, 0.15) is 23.0 Å². The van der Waals surface area contributed by atoms with Gasteiger partial charge in [0.25, 0.3) is 0 Å². The van der Waals surface area contributed by atoms with E-state index in [0.717, 1.165) is 18.4 Å². The Bertz CT molecular complexity index is 1710.